The maximum absolute atomic E-state index is 13.5. The van der Waals surface area contributed by atoms with Crippen LogP contribution in [0.25, 0.3) is 27.2 Å². The molecule has 0 bridgehead atoms. The molecule has 2 aliphatic rings. The Kier molecular flexibility index (Phi) is 7.76. The number of sulfonamides is 2. The SMILES string of the molecule is COCC(C)S(=O)(=O)N1CC=C(c2cc(S(=O)(=O)NC3(C#N)CC3)cc3c(-c4nnc(C(F)F)s4)nn(C)c23)CC1. The summed E-state index contributed by atoms with van der Waals surface area (Å²) in [6.07, 6.45) is -0.0565. The van der Waals surface area contributed by atoms with Gasteiger partial charge in [-0.05, 0) is 43.9 Å². The van der Waals surface area contributed by atoms with Crippen LogP contribution < -0.4 is 4.72 Å². The first-order chi connectivity index (χ1) is 19.3. The highest BCUT2D eigenvalue weighted by molar-refractivity contribution is 7.90. The number of hydrogen-bond acceptors (Lipinski definition) is 10. The van der Waals surface area contributed by atoms with E-state index in [9.17, 15) is 30.9 Å². The number of methoxy groups -OCH3 is 1. The number of nitrogens with one attached hydrogen (secondary N) is 1. The molecule has 12 nitrogen and oxygen atoms in total. The normalized spacial score (nSPS) is 18.4. The van der Waals surface area contributed by atoms with Crippen molar-refractivity contribution in [2.75, 3.05) is 26.8 Å². The van der Waals surface area contributed by atoms with E-state index in [1.165, 1.54) is 28.2 Å². The number of fused-ring (bicyclic) bond motifs is 1. The number of rotatable bonds is 10. The molecule has 1 unspecified atom stereocenters. The molecular weight excluding hydrogens is 601 g/mol. The third-order valence-electron chi connectivity index (χ3n) is 7.13. The monoisotopic (exact) mass is 627 g/mol. The molecule has 3 aromatic rings. The summed E-state index contributed by atoms with van der Waals surface area (Å²) in [6, 6.07) is 4.86. The van der Waals surface area contributed by atoms with Crippen LogP contribution >= 0.6 is 11.3 Å². The van der Waals surface area contributed by atoms with Crippen molar-refractivity contribution in [2.45, 2.75) is 48.3 Å². The van der Waals surface area contributed by atoms with E-state index in [0.29, 0.717) is 46.2 Å². The molecule has 2 aromatic heterocycles. The number of benzene rings is 1. The van der Waals surface area contributed by atoms with E-state index in [1.807, 2.05) is 6.07 Å². The van der Waals surface area contributed by atoms with Crippen LogP contribution in [0.3, 0.4) is 0 Å². The molecule has 1 saturated carbocycles. The van der Waals surface area contributed by atoms with Gasteiger partial charge in [-0.15, -0.1) is 10.2 Å². The molecule has 220 valence electrons. The lowest BCUT2D eigenvalue weighted by molar-refractivity contribution is 0.150. The molecule has 3 heterocycles. The van der Waals surface area contributed by atoms with Gasteiger partial charge < -0.3 is 4.74 Å². The Balaban J connectivity index is 1.63. The zero-order valence-electron chi connectivity index (χ0n) is 22.3. The Labute approximate surface area is 239 Å². The summed E-state index contributed by atoms with van der Waals surface area (Å²) < 4.78 is 89.7. The summed E-state index contributed by atoms with van der Waals surface area (Å²) in [5.41, 5.74) is 0.714. The highest BCUT2D eigenvalue weighted by Crippen LogP contribution is 2.40. The number of hydrogen-bond donors (Lipinski definition) is 1. The number of halogens is 2. The quantitative estimate of drug-likeness (QED) is 0.357. The lowest BCUT2D eigenvalue weighted by Crippen LogP contribution is -2.41. The Bertz CT molecular complexity index is 1790. The zero-order chi connectivity index (χ0) is 29.7. The topological polar surface area (TPSA) is 160 Å². The first-order valence-electron chi connectivity index (χ1n) is 12.6. The highest BCUT2D eigenvalue weighted by Gasteiger charge is 2.47. The van der Waals surface area contributed by atoms with Gasteiger partial charge in [-0.1, -0.05) is 17.4 Å². The van der Waals surface area contributed by atoms with E-state index in [2.05, 4.69) is 20.0 Å². The zero-order valence-corrected chi connectivity index (χ0v) is 24.8. The smallest absolute Gasteiger partial charge is 0.291 e. The number of aryl methyl sites for hydroxylation is 1. The third-order valence-corrected chi connectivity index (χ3v) is 11.8. The lowest BCUT2D eigenvalue weighted by atomic mass is 9.97. The molecule has 1 N–H and O–H groups in total. The number of nitrogens with zero attached hydrogens (tertiary/aromatic N) is 6. The third kappa shape index (κ3) is 5.51. The van der Waals surface area contributed by atoms with Crippen LogP contribution in [0.2, 0.25) is 0 Å². The molecule has 17 heteroatoms. The van der Waals surface area contributed by atoms with Crippen molar-refractivity contribution in [1.29, 1.82) is 5.26 Å². The fraction of sp³-hybridized carbons (Fsp3) is 0.500. The molecule has 1 fully saturated rings. The van der Waals surface area contributed by atoms with E-state index >= 15 is 0 Å². The summed E-state index contributed by atoms with van der Waals surface area (Å²) in [7, 11) is -4.74. The molecule has 0 saturated heterocycles. The molecule has 5 rings (SSSR count). The summed E-state index contributed by atoms with van der Waals surface area (Å²) in [4.78, 5) is -0.140. The van der Waals surface area contributed by atoms with Gasteiger partial charge >= 0.3 is 0 Å². The molecular formula is C24H27F2N7O5S3. The number of ether oxygens (including phenoxy) is 1. The van der Waals surface area contributed by atoms with E-state index in [-0.39, 0.29) is 41.7 Å². The van der Waals surface area contributed by atoms with E-state index in [4.69, 9.17) is 4.74 Å². The van der Waals surface area contributed by atoms with Crippen molar-refractivity contribution in [1.82, 2.24) is 29.0 Å². The van der Waals surface area contributed by atoms with Gasteiger partial charge in [0.2, 0.25) is 20.0 Å². The van der Waals surface area contributed by atoms with Crippen molar-refractivity contribution in [3.8, 4) is 16.8 Å². The van der Waals surface area contributed by atoms with E-state index < -0.39 is 42.3 Å². The molecule has 0 radical (unpaired) electrons. The molecule has 41 heavy (non-hydrogen) atoms. The molecule has 1 atom stereocenters. The van der Waals surface area contributed by atoms with Gasteiger partial charge in [0.25, 0.3) is 6.43 Å². The van der Waals surface area contributed by atoms with Gasteiger partial charge in [0, 0.05) is 38.2 Å². The van der Waals surface area contributed by atoms with Gasteiger partial charge in [0.1, 0.15) is 11.2 Å². The van der Waals surface area contributed by atoms with Crippen LogP contribution in [0.4, 0.5) is 8.78 Å². The summed E-state index contributed by atoms with van der Waals surface area (Å²) in [6.45, 7) is 1.85. The van der Waals surface area contributed by atoms with Gasteiger partial charge in [-0.2, -0.15) is 19.4 Å². The maximum atomic E-state index is 13.5. The predicted molar refractivity (Wildman–Crippen MR) is 147 cm³/mol. The van der Waals surface area contributed by atoms with Crippen LogP contribution in [-0.2, 0) is 31.8 Å². The molecule has 0 spiro atoms. The van der Waals surface area contributed by atoms with Gasteiger partial charge in [0.15, 0.2) is 10.0 Å². The molecule has 1 aliphatic carbocycles. The van der Waals surface area contributed by atoms with E-state index in [1.54, 1.807) is 20.0 Å². The summed E-state index contributed by atoms with van der Waals surface area (Å²) in [5, 5.41) is 20.5. The molecule has 1 aromatic carbocycles. The van der Waals surface area contributed by atoms with Crippen molar-refractivity contribution >= 4 is 47.9 Å². The van der Waals surface area contributed by atoms with Crippen LogP contribution in [0.5, 0.6) is 0 Å². The fourth-order valence-corrected chi connectivity index (χ4v) is 8.32. The number of nitriles is 1. The maximum Gasteiger partial charge on any atom is 0.291 e. The van der Waals surface area contributed by atoms with Crippen LogP contribution in [-0.4, -0.2) is 78.7 Å². The summed E-state index contributed by atoms with van der Waals surface area (Å²) in [5.74, 6) is 0. The minimum absolute atomic E-state index is 0.0454. The Morgan fingerprint density at radius 3 is 2.54 bits per heavy atom. The average molecular weight is 628 g/mol. The first kappa shape index (κ1) is 29.6. The second kappa shape index (κ2) is 10.7. The Morgan fingerprint density at radius 2 is 1.98 bits per heavy atom. The fourth-order valence-electron chi connectivity index (χ4n) is 4.75. The van der Waals surface area contributed by atoms with Crippen molar-refractivity contribution in [2.24, 2.45) is 7.05 Å². The van der Waals surface area contributed by atoms with Crippen LogP contribution in [0.1, 0.15) is 43.2 Å². The summed E-state index contributed by atoms with van der Waals surface area (Å²) >= 11 is 0.656. The Hall–Kier alpha value is -2.88. The van der Waals surface area contributed by atoms with Crippen LogP contribution in [0, 0.1) is 11.3 Å². The number of aromatic nitrogens is 4. The largest absolute Gasteiger partial charge is 0.383 e. The van der Waals surface area contributed by atoms with Gasteiger partial charge in [0.05, 0.1) is 28.3 Å². The van der Waals surface area contributed by atoms with Crippen molar-refractivity contribution in [3.05, 3.63) is 28.8 Å². The minimum atomic E-state index is -4.18. The molecule has 1 aliphatic heterocycles. The predicted octanol–water partition coefficient (Wildman–Crippen LogP) is 2.82. The Morgan fingerprint density at radius 1 is 1.24 bits per heavy atom. The molecule has 0 amide bonds. The van der Waals surface area contributed by atoms with Crippen molar-refractivity contribution < 1.29 is 30.4 Å². The first-order valence-corrected chi connectivity index (χ1v) is 16.4. The van der Waals surface area contributed by atoms with Gasteiger partial charge in [-0.25, -0.2) is 25.6 Å². The second-order valence-corrected chi connectivity index (χ2v) is 15.1. The van der Waals surface area contributed by atoms with E-state index in [0.717, 1.165) is 0 Å². The minimum Gasteiger partial charge on any atom is -0.383 e. The van der Waals surface area contributed by atoms with Crippen LogP contribution in [0.15, 0.2) is 23.1 Å². The lowest BCUT2D eigenvalue weighted by Gasteiger charge is -2.28. The number of alkyl halides is 2. The average Bonchev–Trinajstić information content (AvgIpc) is 3.36. The van der Waals surface area contributed by atoms with Crippen molar-refractivity contribution in [3.63, 3.8) is 0 Å². The van der Waals surface area contributed by atoms with Gasteiger partial charge in [-0.3, -0.25) is 4.68 Å². The highest BCUT2D eigenvalue weighted by atomic mass is 32.2. The standard InChI is InChI=1S/C24H27F2N7O5S3/c1-14(12-38-3)41(36,37)33-8-4-15(5-9-33)17-10-16(40(34,35)31-24(13-27)6-7-24)11-18-19(30-32(2)20(17)18)22-28-29-23(39-22)21(25)26/h4,10-11,14,21,31H,5-9,12H2,1-3H3. The second-order valence-electron chi connectivity index (χ2n) is 10.0.